The molecule has 2 amide bonds. The first-order valence-electron chi connectivity index (χ1n) is 17.1. The summed E-state index contributed by atoms with van der Waals surface area (Å²) in [7, 11) is 2.07. The summed E-state index contributed by atoms with van der Waals surface area (Å²) in [5, 5.41) is 7.76. The van der Waals surface area contributed by atoms with Crippen molar-refractivity contribution in [1.82, 2.24) is 34.6 Å². The number of aryl methyl sites for hydroxylation is 2. The molecule has 4 aromatic rings. The number of amides is 2. The average molecular weight is 626 g/mol. The van der Waals surface area contributed by atoms with Crippen molar-refractivity contribution in [3.63, 3.8) is 0 Å². The van der Waals surface area contributed by atoms with Crippen molar-refractivity contribution in [3.05, 3.63) is 47.2 Å². The molecule has 0 spiro atoms. The lowest BCUT2D eigenvalue weighted by atomic mass is 9.85. The van der Waals surface area contributed by atoms with Crippen molar-refractivity contribution in [2.75, 3.05) is 32.8 Å². The second kappa shape index (κ2) is 12.4. The van der Waals surface area contributed by atoms with Crippen LogP contribution in [0.4, 0.5) is 0 Å². The fraction of sp³-hybridized carbons (Fsp3) is 0.556. The largest absolute Gasteiger partial charge is 0.378 e. The van der Waals surface area contributed by atoms with Gasteiger partial charge in [0.05, 0.1) is 41.7 Å². The van der Waals surface area contributed by atoms with E-state index < -0.39 is 5.41 Å². The first-order valence-corrected chi connectivity index (χ1v) is 17.1. The summed E-state index contributed by atoms with van der Waals surface area (Å²) in [6.07, 6.45) is 7.20. The predicted octanol–water partition coefficient (Wildman–Crippen LogP) is 5.13. The molecule has 3 aromatic heterocycles. The van der Waals surface area contributed by atoms with Crippen LogP contribution in [-0.2, 0) is 29.5 Å². The number of nitrogens with one attached hydrogen (secondary N) is 2. The Labute approximate surface area is 270 Å². The number of ether oxygens (including phenoxy) is 1. The lowest BCUT2D eigenvalue weighted by Crippen LogP contribution is -2.51. The number of imidazole rings is 1. The number of carbonyl (C=O) groups excluding carboxylic acids is 2. The summed E-state index contributed by atoms with van der Waals surface area (Å²) in [5.41, 5.74) is 6.08. The number of fused-ring (bicyclic) bond motifs is 3. The van der Waals surface area contributed by atoms with E-state index >= 15 is 0 Å². The number of hydrogen-bond acceptors (Lipinski definition) is 6. The molecular formula is C36H47N7O3. The molecular weight excluding hydrogens is 578 g/mol. The lowest BCUT2D eigenvalue weighted by Gasteiger charge is -2.33. The van der Waals surface area contributed by atoms with E-state index in [9.17, 15) is 9.59 Å². The normalized spacial score (nSPS) is 22.9. The summed E-state index contributed by atoms with van der Waals surface area (Å²) in [6.45, 7) is 10.5. The SMILES string of the molecule is C[C@H]1NC(=O)C(C)(C)CCCCCCCn2c(-c3nc4cc5c(cc4n3C)CCN(C[C@H]3COCCN3)C5=O)cc3ccc1nc32. The molecule has 2 N–H and O–H groups in total. The first-order chi connectivity index (χ1) is 22.2. The van der Waals surface area contributed by atoms with Gasteiger partial charge in [-0.1, -0.05) is 39.5 Å². The van der Waals surface area contributed by atoms with Crippen LogP contribution in [0.1, 0.15) is 87.0 Å². The standard InChI is InChI=1S/C36H47N7O3/c1-23-28-11-10-25-19-31(43(32(25)39-28)15-9-7-5-6-8-13-36(2,3)35(45)38-23)33-40-29-20-27-24(18-30(29)41(33)4)12-16-42(34(27)44)21-26-22-46-17-14-37-26/h10-11,18-20,23,26,37H,5-9,12-17,21-22H2,1-4H3,(H,38,45)/t23-,26+/m1/s1. The number of hydrogen-bond donors (Lipinski definition) is 2. The van der Waals surface area contributed by atoms with Crippen LogP contribution >= 0.6 is 0 Å². The molecule has 0 unspecified atom stereocenters. The molecule has 1 fully saturated rings. The second-order valence-electron chi connectivity index (χ2n) is 14.1. The van der Waals surface area contributed by atoms with Gasteiger partial charge in [-0.05, 0) is 62.1 Å². The first kappa shape index (κ1) is 30.9. The molecule has 0 saturated carbocycles. The van der Waals surface area contributed by atoms with Crippen LogP contribution in [0.2, 0.25) is 0 Å². The molecule has 2 bridgehead atoms. The third kappa shape index (κ3) is 5.81. The summed E-state index contributed by atoms with van der Waals surface area (Å²) >= 11 is 0. The van der Waals surface area contributed by atoms with Gasteiger partial charge in [-0.3, -0.25) is 9.59 Å². The maximum Gasteiger partial charge on any atom is 0.254 e. The smallest absolute Gasteiger partial charge is 0.254 e. The Bertz CT molecular complexity index is 1780. The zero-order valence-corrected chi connectivity index (χ0v) is 27.7. The van der Waals surface area contributed by atoms with Gasteiger partial charge in [0.1, 0.15) is 5.65 Å². The highest BCUT2D eigenvalue weighted by molar-refractivity contribution is 6.00. The minimum atomic E-state index is -0.407. The van der Waals surface area contributed by atoms with Crippen molar-refractivity contribution in [3.8, 4) is 11.5 Å². The Morgan fingerprint density at radius 2 is 1.85 bits per heavy atom. The lowest BCUT2D eigenvalue weighted by molar-refractivity contribution is -0.130. The van der Waals surface area contributed by atoms with E-state index in [0.717, 1.165) is 115 Å². The summed E-state index contributed by atoms with van der Waals surface area (Å²) in [6, 6.07) is 10.5. The molecule has 0 aliphatic carbocycles. The maximum atomic E-state index is 13.6. The number of aromatic nitrogens is 4. The van der Waals surface area contributed by atoms with Gasteiger partial charge in [-0.25, -0.2) is 9.97 Å². The van der Waals surface area contributed by atoms with Gasteiger partial charge in [-0.15, -0.1) is 0 Å². The Balaban J connectivity index is 1.24. The minimum Gasteiger partial charge on any atom is -0.378 e. The Morgan fingerprint density at radius 1 is 1.02 bits per heavy atom. The Kier molecular flexibility index (Phi) is 8.35. The molecule has 0 radical (unpaired) electrons. The number of carbonyl (C=O) groups is 2. The molecule has 1 aromatic carbocycles. The summed E-state index contributed by atoms with van der Waals surface area (Å²) < 4.78 is 10.1. The van der Waals surface area contributed by atoms with E-state index in [1.807, 2.05) is 37.8 Å². The molecule has 6 heterocycles. The van der Waals surface area contributed by atoms with E-state index in [0.29, 0.717) is 19.7 Å². The predicted molar refractivity (Wildman–Crippen MR) is 180 cm³/mol. The topological polar surface area (TPSA) is 106 Å². The van der Waals surface area contributed by atoms with Crippen molar-refractivity contribution in [2.24, 2.45) is 12.5 Å². The highest BCUT2D eigenvalue weighted by Crippen LogP contribution is 2.33. The monoisotopic (exact) mass is 625 g/mol. The van der Waals surface area contributed by atoms with Gasteiger partial charge >= 0.3 is 0 Å². The Morgan fingerprint density at radius 3 is 2.67 bits per heavy atom. The highest BCUT2D eigenvalue weighted by Gasteiger charge is 2.30. The molecule has 2 atom stereocenters. The van der Waals surface area contributed by atoms with Gasteiger partial charge in [0.25, 0.3) is 5.91 Å². The van der Waals surface area contributed by atoms with Gasteiger partial charge in [-0.2, -0.15) is 0 Å². The van der Waals surface area contributed by atoms with Crippen LogP contribution < -0.4 is 10.6 Å². The van der Waals surface area contributed by atoms with Gasteiger partial charge < -0.3 is 29.4 Å². The third-order valence-electron chi connectivity index (χ3n) is 10.3. The summed E-state index contributed by atoms with van der Waals surface area (Å²) in [5.74, 6) is 1.02. The van der Waals surface area contributed by atoms with Crippen LogP contribution in [-0.4, -0.2) is 74.7 Å². The maximum absolute atomic E-state index is 13.6. The fourth-order valence-corrected chi connectivity index (χ4v) is 7.36. The van der Waals surface area contributed by atoms with Gasteiger partial charge in [0.15, 0.2) is 5.82 Å². The Hall–Kier alpha value is -3.76. The molecule has 3 aliphatic rings. The van der Waals surface area contributed by atoms with E-state index in [4.69, 9.17) is 14.7 Å². The second-order valence-corrected chi connectivity index (χ2v) is 14.1. The van der Waals surface area contributed by atoms with E-state index in [1.165, 1.54) is 0 Å². The van der Waals surface area contributed by atoms with E-state index in [2.05, 4.69) is 45.0 Å². The van der Waals surface area contributed by atoms with Gasteiger partial charge in [0.2, 0.25) is 5.91 Å². The van der Waals surface area contributed by atoms with Crippen molar-refractivity contribution in [1.29, 1.82) is 0 Å². The molecule has 7 rings (SSSR count). The zero-order valence-electron chi connectivity index (χ0n) is 27.7. The van der Waals surface area contributed by atoms with Crippen LogP contribution in [0.25, 0.3) is 33.6 Å². The average Bonchev–Trinajstić information content (AvgIpc) is 3.57. The van der Waals surface area contributed by atoms with Gasteiger partial charge in [0, 0.05) is 55.6 Å². The molecule has 46 heavy (non-hydrogen) atoms. The summed E-state index contributed by atoms with van der Waals surface area (Å²) in [4.78, 5) is 39.1. The van der Waals surface area contributed by atoms with Crippen LogP contribution in [0.3, 0.4) is 0 Å². The highest BCUT2D eigenvalue weighted by atomic mass is 16.5. The molecule has 244 valence electrons. The zero-order chi connectivity index (χ0) is 32.0. The van der Waals surface area contributed by atoms with Crippen molar-refractivity contribution < 1.29 is 14.3 Å². The molecule has 10 nitrogen and oxygen atoms in total. The molecule has 3 aliphatic heterocycles. The quantitative estimate of drug-likeness (QED) is 0.327. The third-order valence-corrected chi connectivity index (χ3v) is 10.3. The van der Waals surface area contributed by atoms with E-state index in [-0.39, 0.29) is 23.9 Å². The number of nitrogens with zero attached hydrogens (tertiary/aromatic N) is 5. The van der Waals surface area contributed by atoms with E-state index in [1.54, 1.807) is 0 Å². The molecule has 10 heteroatoms. The fourth-order valence-electron chi connectivity index (χ4n) is 7.36. The van der Waals surface area contributed by atoms with Crippen molar-refractivity contribution in [2.45, 2.75) is 84.3 Å². The van der Waals surface area contributed by atoms with Crippen LogP contribution in [0.5, 0.6) is 0 Å². The minimum absolute atomic E-state index is 0.0714. The van der Waals surface area contributed by atoms with Crippen LogP contribution in [0, 0.1) is 5.41 Å². The molecule has 1 saturated heterocycles. The number of rotatable bonds is 3. The van der Waals surface area contributed by atoms with Crippen LogP contribution in [0.15, 0.2) is 30.3 Å². The number of pyridine rings is 1. The number of morpholine rings is 1. The van der Waals surface area contributed by atoms with Crippen molar-refractivity contribution >= 4 is 33.9 Å². The number of benzene rings is 1.